The Kier molecular flexibility index (Phi) is 1.87. The van der Waals surface area contributed by atoms with Crippen LogP contribution >= 0.6 is 0 Å². The summed E-state index contributed by atoms with van der Waals surface area (Å²) in [4.78, 5) is 0. The SMILES string of the molecule is Nc1cc(N)c(C[O])c(N)c1. The summed E-state index contributed by atoms with van der Waals surface area (Å²) in [5.41, 5.74) is 18.0. The second kappa shape index (κ2) is 2.67. The predicted octanol–water partition coefficient (Wildman–Crippen LogP) is 0.364. The van der Waals surface area contributed by atoms with Gasteiger partial charge < -0.3 is 17.2 Å². The van der Waals surface area contributed by atoms with E-state index in [0.717, 1.165) is 0 Å². The van der Waals surface area contributed by atoms with E-state index >= 15 is 0 Å². The fourth-order valence-corrected chi connectivity index (χ4v) is 0.908. The Hall–Kier alpha value is -1.42. The molecule has 6 N–H and O–H groups in total. The van der Waals surface area contributed by atoms with E-state index in [4.69, 9.17) is 17.2 Å². The molecular formula is C7H10N3O. The largest absolute Gasteiger partial charge is 0.399 e. The number of hydrogen-bond donors (Lipinski definition) is 3. The number of nitrogens with two attached hydrogens (primary N) is 3. The highest BCUT2D eigenvalue weighted by Crippen LogP contribution is 2.23. The standard InChI is InChI=1S/C7H10N3O/c8-4-1-6(9)5(3-11)7(10)2-4/h1-2H,3,8-10H2. The van der Waals surface area contributed by atoms with Crippen molar-refractivity contribution in [2.24, 2.45) is 0 Å². The Morgan fingerprint density at radius 3 is 1.91 bits per heavy atom. The van der Waals surface area contributed by atoms with Gasteiger partial charge in [0, 0.05) is 22.6 Å². The van der Waals surface area contributed by atoms with Crippen LogP contribution in [0.2, 0.25) is 0 Å². The third kappa shape index (κ3) is 1.35. The molecule has 59 valence electrons. The number of rotatable bonds is 1. The van der Waals surface area contributed by atoms with Crippen LogP contribution in [0.15, 0.2) is 12.1 Å². The minimum atomic E-state index is -0.405. The molecule has 0 saturated heterocycles. The van der Waals surface area contributed by atoms with E-state index in [0.29, 0.717) is 22.6 Å². The Bertz CT molecular complexity index is 249. The smallest absolute Gasteiger partial charge is 0.111 e. The van der Waals surface area contributed by atoms with Crippen LogP contribution < -0.4 is 17.2 Å². The zero-order valence-corrected chi connectivity index (χ0v) is 6.00. The van der Waals surface area contributed by atoms with Crippen molar-refractivity contribution in [1.82, 2.24) is 0 Å². The number of anilines is 3. The van der Waals surface area contributed by atoms with Crippen LogP contribution in [0.3, 0.4) is 0 Å². The molecule has 0 heterocycles. The van der Waals surface area contributed by atoms with Gasteiger partial charge in [-0.1, -0.05) is 0 Å². The first kappa shape index (κ1) is 7.68. The molecule has 0 aliphatic rings. The number of hydrogen-bond acceptors (Lipinski definition) is 3. The first-order valence-electron chi connectivity index (χ1n) is 3.16. The van der Waals surface area contributed by atoms with Crippen LogP contribution in [0.5, 0.6) is 0 Å². The minimum Gasteiger partial charge on any atom is -0.399 e. The second-order valence-corrected chi connectivity index (χ2v) is 2.32. The van der Waals surface area contributed by atoms with Crippen molar-refractivity contribution in [3.8, 4) is 0 Å². The molecule has 0 fully saturated rings. The van der Waals surface area contributed by atoms with E-state index in [1.54, 1.807) is 0 Å². The molecule has 0 aliphatic heterocycles. The van der Waals surface area contributed by atoms with Crippen LogP contribution in [-0.4, -0.2) is 0 Å². The van der Waals surface area contributed by atoms with Crippen LogP contribution in [0.4, 0.5) is 17.1 Å². The number of nitrogen functional groups attached to an aromatic ring is 3. The molecule has 1 aromatic carbocycles. The molecule has 11 heavy (non-hydrogen) atoms. The lowest BCUT2D eigenvalue weighted by Gasteiger charge is -2.05. The van der Waals surface area contributed by atoms with Crippen molar-refractivity contribution in [2.45, 2.75) is 6.61 Å². The van der Waals surface area contributed by atoms with E-state index in [1.807, 2.05) is 0 Å². The average Bonchev–Trinajstić information content (AvgIpc) is 1.85. The minimum absolute atomic E-state index is 0.373. The molecule has 0 aromatic heterocycles. The maximum Gasteiger partial charge on any atom is 0.111 e. The van der Waals surface area contributed by atoms with Crippen LogP contribution in [0, 0.1) is 0 Å². The summed E-state index contributed by atoms with van der Waals surface area (Å²) >= 11 is 0. The topological polar surface area (TPSA) is 98.0 Å². The summed E-state index contributed by atoms with van der Waals surface area (Å²) in [5, 5.41) is 10.5. The fraction of sp³-hybridized carbons (Fsp3) is 0.143. The zero-order chi connectivity index (χ0) is 8.43. The van der Waals surface area contributed by atoms with Crippen molar-refractivity contribution in [3.05, 3.63) is 17.7 Å². The van der Waals surface area contributed by atoms with Crippen LogP contribution in [0.25, 0.3) is 0 Å². The van der Waals surface area contributed by atoms with Gasteiger partial charge in [-0.3, -0.25) is 0 Å². The molecule has 0 saturated carbocycles. The third-order valence-corrected chi connectivity index (χ3v) is 1.49. The molecule has 0 spiro atoms. The normalized spacial score (nSPS) is 9.91. The van der Waals surface area contributed by atoms with Gasteiger partial charge in [0.1, 0.15) is 6.61 Å². The molecule has 4 nitrogen and oxygen atoms in total. The lowest BCUT2D eigenvalue weighted by atomic mass is 10.1. The highest BCUT2D eigenvalue weighted by atomic mass is 16.3. The monoisotopic (exact) mass is 152 g/mol. The lowest BCUT2D eigenvalue weighted by Crippen LogP contribution is -2.01. The lowest BCUT2D eigenvalue weighted by molar-refractivity contribution is 0.179. The van der Waals surface area contributed by atoms with E-state index in [1.165, 1.54) is 12.1 Å². The molecule has 1 aromatic rings. The summed E-state index contributed by atoms with van der Waals surface area (Å²) in [5.74, 6) is 0. The fourth-order valence-electron chi connectivity index (χ4n) is 0.908. The molecule has 0 atom stereocenters. The second-order valence-electron chi connectivity index (χ2n) is 2.32. The van der Waals surface area contributed by atoms with E-state index in [9.17, 15) is 5.11 Å². The average molecular weight is 152 g/mol. The van der Waals surface area contributed by atoms with Gasteiger partial charge in [0.05, 0.1) is 0 Å². The van der Waals surface area contributed by atoms with Crippen molar-refractivity contribution >= 4 is 17.1 Å². The quantitative estimate of drug-likeness (QED) is 0.507. The van der Waals surface area contributed by atoms with Gasteiger partial charge in [0.15, 0.2) is 0 Å². The van der Waals surface area contributed by atoms with E-state index in [2.05, 4.69) is 0 Å². The molecule has 0 bridgehead atoms. The van der Waals surface area contributed by atoms with E-state index < -0.39 is 6.61 Å². The third-order valence-electron chi connectivity index (χ3n) is 1.49. The molecule has 4 heteroatoms. The van der Waals surface area contributed by atoms with Gasteiger partial charge in [0.2, 0.25) is 0 Å². The van der Waals surface area contributed by atoms with Gasteiger partial charge in [-0.15, -0.1) is 0 Å². The summed E-state index contributed by atoms with van der Waals surface area (Å²) < 4.78 is 0. The molecule has 1 rings (SSSR count). The summed E-state index contributed by atoms with van der Waals surface area (Å²) in [7, 11) is 0. The zero-order valence-electron chi connectivity index (χ0n) is 6.00. The Morgan fingerprint density at radius 1 is 1.09 bits per heavy atom. The molecular weight excluding hydrogens is 142 g/mol. The molecule has 0 amide bonds. The maximum absolute atomic E-state index is 10.5. The van der Waals surface area contributed by atoms with Gasteiger partial charge in [-0.25, -0.2) is 5.11 Å². The van der Waals surface area contributed by atoms with Crippen molar-refractivity contribution in [3.63, 3.8) is 0 Å². The highest BCUT2D eigenvalue weighted by molar-refractivity contribution is 5.68. The molecule has 0 unspecified atom stereocenters. The first-order chi connectivity index (χ1) is 5.15. The highest BCUT2D eigenvalue weighted by Gasteiger charge is 2.03. The predicted molar refractivity (Wildman–Crippen MR) is 44.1 cm³/mol. The van der Waals surface area contributed by atoms with Crippen molar-refractivity contribution in [2.75, 3.05) is 17.2 Å². The van der Waals surface area contributed by atoms with Crippen LogP contribution in [-0.2, 0) is 11.7 Å². The molecule has 0 aliphatic carbocycles. The summed E-state index contributed by atoms with van der Waals surface area (Å²) in [6.07, 6.45) is 0. The maximum atomic E-state index is 10.5. The van der Waals surface area contributed by atoms with Crippen LogP contribution in [0.1, 0.15) is 5.56 Å². The van der Waals surface area contributed by atoms with Gasteiger partial charge in [-0.2, -0.15) is 0 Å². The Balaban J connectivity index is 3.25. The molecule has 1 radical (unpaired) electrons. The van der Waals surface area contributed by atoms with Crippen molar-refractivity contribution in [1.29, 1.82) is 0 Å². The van der Waals surface area contributed by atoms with Gasteiger partial charge in [0.25, 0.3) is 0 Å². The summed E-state index contributed by atoms with van der Waals surface area (Å²) in [6, 6.07) is 3.06. The Labute approximate surface area is 64.6 Å². The van der Waals surface area contributed by atoms with E-state index in [-0.39, 0.29) is 0 Å². The van der Waals surface area contributed by atoms with Gasteiger partial charge >= 0.3 is 0 Å². The van der Waals surface area contributed by atoms with Crippen molar-refractivity contribution < 1.29 is 5.11 Å². The summed E-state index contributed by atoms with van der Waals surface area (Å²) in [6.45, 7) is -0.405. The first-order valence-corrected chi connectivity index (χ1v) is 3.16. The van der Waals surface area contributed by atoms with Gasteiger partial charge in [-0.05, 0) is 12.1 Å². The Morgan fingerprint density at radius 2 is 1.55 bits per heavy atom. The number of benzene rings is 1.